The molecular weight excluding hydrogens is 440 g/mol. The van der Waals surface area contributed by atoms with Gasteiger partial charge in [-0.2, -0.15) is 0 Å². The Morgan fingerprint density at radius 1 is 1.19 bits per heavy atom. The predicted molar refractivity (Wildman–Crippen MR) is 119 cm³/mol. The first-order chi connectivity index (χ1) is 14.9. The van der Waals surface area contributed by atoms with Gasteiger partial charge in [-0.1, -0.05) is 29.8 Å². The van der Waals surface area contributed by atoms with Crippen molar-refractivity contribution in [1.29, 1.82) is 0 Å². The lowest BCUT2D eigenvalue weighted by molar-refractivity contribution is -0.384. The highest BCUT2D eigenvalue weighted by Gasteiger charge is 2.30. The quantitative estimate of drug-likeness (QED) is 0.299. The van der Waals surface area contributed by atoms with E-state index in [9.17, 15) is 19.7 Å². The highest BCUT2D eigenvalue weighted by molar-refractivity contribution is 7.18. The summed E-state index contributed by atoms with van der Waals surface area (Å²) in [6.07, 6.45) is 0.456. The Morgan fingerprint density at radius 2 is 1.90 bits per heavy atom. The second-order valence-electron chi connectivity index (χ2n) is 6.80. The zero-order valence-electron chi connectivity index (χ0n) is 16.5. The third kappa shape index (κ3) is 3.80. The molecule has 1 amide bonds. The summed E-state index contributed by atoms with van der Waals surface area (Å²) in [4.78, 5) is 38.8. The molecule has 0 spiro atoms. The average Bonchev–Trinajstić information content (AvgIpc) is 3.01. The number of amides is 1. The molecule has 3 aromatic rings. The Hall–Kier alpha value is -3.23. The van der Waals surface area contributed by atoms with Crippen LogP contribution in [0.25, 0.3) is 10.4 Å². The molecule has 0 N–H and O–H groups in total. The molecule has 2 aromatic carbocycles. The highest BCUT2D eigenvalue weighted by Crippen LogP contribution is 2.46. The number of nitro benzene ring substituents is 1. The molecule has 1 aromatic heterocycles. The van der Waals surface area contributed by atoms with E-state index in [4.69, 9.17) is 16.3 Å². The van der Waals surface area contributed by atoms with Gasteiger partial charge in [0.05, 0.1) is 22.2 Å². The van der Waals surface area contributed by atoms with Crippen molar-refractivity contribution in [2.45, 2.75) is 13.3 Å². The van der Waals surface area contributed by atoms with Crippen LogP contribution in [0.15, 0.2) is 48.5 Å². The van der Waals surface area contributed by atoms with E-state index in [2.05, 4.69) is 0 Å². The van der Waals surface area contributed by atoms with Crippen LogP contribution >= 0.6 is 22.9 Å². The zero-order valence-corrected chi connectivity index (χ0v) is 18.0. The lowest BCUT2D eigenvalue weighted by Crippen LogP contribution is -2.32. The number of fused-ring (bicyclic) bond motifs is 3. The molecule has 2 heterocycles. The number of halogens is 1. The van der Waals surface area contributed by atoms with Crippen molar-refractivity contribution in [3.05, 3.63) is 79.7 Å². The molecule has 1 aliphatic rings. The molecule has 0 fully saturated rings. The van der Waals surface area contributed by atoms with Gasteiger partial charge in [0.2, 0.25) is 0 Å². The maximum atomic E-state index is 13.3. The molecule has 0 bridgehead atoms. The Balaban J connectivity index is 1.75. The summed E-state index contributed by atoms with van der Waals surface area (Å²) in [6, 6.07) is 13.0. The average molecular weight is 457 g/mol. The van der Waals surface area contributed by atoms with Gasteiger partial charge in [0.15, 0.2) is 0 Å². The normalized spacial score (nSPS) is 12.5. The highest BCUT2D eigenvalue weighted by atomic mass is 35.5. The van der Waals surface area contributed by atoms with Crippen molar-refractivity contribution in [3.63, 3.8) is 0 Å². The summed E-state index contributed by atoms with van der Waals surface area (Å²) in [6.45, 7) is 2.34. The van der Waals surface area contributed by atoms with Crippen molar-refractivity contribution in [1.82, 2.24) is 0 Å². The Bertz CT molecular complexity index is 1190. The van der Waals surface area contributed by atoms with Crippen molar-refractivity contribution < 1.29 is 19.2 Å². The molecule has 1 aliphatic heterocycles. The molecule has 0 saturated heterocycles. The van der Waals surface area contributed by atoms with Gasteiger partial charge in [-0.25, -0.2) is 4.79 Å². The summed E-state index contributed by atoms with van der Waals surface area (Å²) >= 11 is 7.81. The minimum absolute atomic E-state index is 0.0757. The number of nitrogens with zero attached hydrogens (tertiary/aromatic N) is 2. The largest absolute Gasteiger partial charge is 0.462 e. The number of rotatable bonds is 4. The number of benzene rings is 2. The number of nitro groups is 1. The summed E-state index contributed by atoms with van der Waals surface area (Å²) in [5, 5.41) is 11.3. The van der Waals surface area contributed by atoms with E-state index in [1.54, 1.807) is 11.8 Å². The number of para-hydroxylation sites is 1. The number of hydrogen-bond acceptors (Lipinski definition) is 6. The van der Waals surface area contributed by atoms with E-state index < -0.39 is 10.9 Å². The van der Waals surface area contributed by atoms with Crippen molar-refractivity contribution >= 4 is 46.2 Å². The molecule has 0 saturated carbocycles. The van der Waals surface area contributed by atoms with Crippen LogP contribution in [0.5, 0.6) is 0 Å². The van der Waals surface area contributed by atoms with E-state index in [1.807, 2.05) is 24.3 Å². The number of esters is 1. The Morgan fingerprint density at radius 3 is 2.58 bits per heavy atom. The number of non-ortho nitro benzene ring substituents is 1. The number of ether oxygens (including phenoxy) is 1. The zero-order chi connectivity index (χ0) is 22.1. The minimum atomic E-state index is -0.503. The van der Waals surface area contributed by atoms with Gasteiger partial charge < -0.3 is 9.64 Å². The smallest absolute Gasteiger partial charge is 0.349 e. The van der Waals surface area contributed by atoms with Gasteiger partial charge in [0.1, 0.15) is 4.88 Å². The van der Waals surface area contributed by atoms with Gasteiger partial charge in [-0.15, -0.1) is 11.3 Å². The Labute approximate surface area is 187 Å². The first kappa shape index (κ1) is 21.0. The molecular formula is C22H17ClN2O5S. The van der Waals surface area contributed by atoms with Gasteiger partial charge >= 0.3 is 5.97 Å². The molecule has 0 aliphatic carbocycles. The SMILES string of the molecule is CCOC(=O)c1sc2c(c1Cl)CCN(C(=O)c1ccc([N+](=O)[O-])cc1)c1ccccc1-2. The van der Waals surface area contributed by atoms with E-state index >= 15 is 0 Å². The van der Waals surface area contributed by atoms with Crippen molar-refractivity contribution in [3.8, 4) is 10.4 Å². The molecule has 0 radical (unpaired) electrons. The second kappa shape index (κ2) is 8.49. The van der Waals surface area contributed by atoms with Crippen LogP contribution in [-0.2, 0) is 11.2 Å². The van der Waals surface area contributed by atoms with E-state index in [0.717, 1.165) is 16.0 Å². The first-order valence-electron chi connectivity index (χ1n) is 9.56. The summed E-state index contributed by atoms with van der Waals surface area (Å²) in [7, 11) is 0. The summed E-state index contributed by atoms with van der Waals surface area (Å²) in [5.74, 6) is -0.721. The van der Waals surface area contributed by atoms with Crippen molar-refractivity contribution in [2.24, 2.45) is 0 Å². The van der Waals surface area contributed by atoms with Crippen LogP contribution in [0.4, 0.5) is 11.4 Å². The van der Waals surface area contributed by atoms with Gasteiger partial charge in [0.25, 0.3) is 11.6 Å². The molecule has 0 unspecified atom stereocenters. The third-order valence-corrected chi connectivity index (χ3v) is 6.77. The van der Waals surface area contributed by atoms with E-state index in [0.29, 0.717) is 34.1 Å². The number of carbonyl (C=O) groups is 2. The van der Waals surface area contributed by atoms with Crippen LogP contribution in [0.2, 0.25) is 5.02 Å². The maximum absolute atomic E-state index is 13.3. The number of thiophene rings is 1. The molecule has 9 heteroatoms. The summed E-state index contributed by atoms with van der Waals surface area (Å²) in [5.41, 5.74) is 2.57. The van der Waals surface area contributed by atoms with Crippen molar-refractivity contribution in [2.75, 3.05) is 18.1 Å². The van der Waals surface area contributed by atoms with Gasteiger partial charge in [-0.05, 0) is 37.1 Å². The monoisotopic (exact) mass is 456 g/mol. The Kier molecular flexibility index (Phi) is 5.75. The number of carbonyl (C=O) groups excluding carboxylic acids is 2. The molecule has 0 atom stereocenters. The molecule has 31 heavy (non-hydrogen) atoms. The maximum Gasteiger partial charge on any atom is 0.349 e. The minimum Gasteiger partial charge on any atom is -0.462 e. The van der Waals surface area contributed by atoms with Gasteiger partial charge in [-0.3, -0.25) is 14.9 Å². The standard InChI is InChI=1S/C22H17ClN2O5S/c1-2-30-22(27)20-18(23)16-11-12-24(17-6-4-3-5-15(17)19(16)31-20)21(26)13-7-9-14(10-8-13)25(28)29/h3-10H,2,11-12H2,1H3. The molecule has 7 nitrogen and oxygen atoms in total. The van der Waals surface area contributed by atoms with Crippen LogP contribution in [0.1, 0.15) is 32.5 Å². The van der Waals surface area contributed by atoms with E-state index in [-0.39, 0.29) is 18.2 Å². The summed E-state index contributed by atoms with van der Waals surface area (Å²) < 4.78 is 5.12. The van der Waals surface area contributed by atoms with Crippen LogP contribution in [0.3, 0.4) is 0 Å². The topological polar surface area (TPSA) is 89.8 Å². The van der Waals surface area contributed by atoms with Crippen LogP contribution in [-0.4, -0.2) is 30.0 Å². The fourth-order valence-electron chi connectivity index (χ4n) is 3.55. The second-order valence-corrected chi connectivity index (χ2v) is 8.20. The molecule has 158 valence electrons. The van der Waals surface area contributed by atoms with Crippen LogP contribution in [0, 0.1) is 10.1 Å². The predicted octanol–water partition coefficient (Wildman–Crippen LogP) is 5.36. The van der Waals surface area contributed by atoms with Gasteiger partial charge in [0, 0.05) is 34.7 Å². The third-order valence-electron chi connectivity index (χ3n) is 5.00. The van der Waals surface area contributed by atoms with Crippen LogP contribution < -0.4 is 4.90 Å². The fourth-order valence-corrected chi connectivity index (χ4v) is 5.16. The first-order valence-corrected chi connectivity index (χ1v) is 10.8. The fraction of sp³-hybridized carbons (Fsp3) is 0.182. The van der Waals surface area contributed by atoms with E-state index in [1.165, 1.54) is 35.6 Å². The lowest BCUT2D eigenvalue weighted by atomic mass is 10.1. The lowest BCUT2D eigenvalue weighted by Gasteiger charge is -2.23. The number of anilines is 1. The molecule has 4 rings (SSSR count). The number of hydrogen-bond donors (Lipinski definition) is 0.